The smallest absolute Gasteiger partial charge is 0.245 e. The topological polar surface area (TPSA) is 58.1 Å². The van der Waals surface area contributed by atoms with Gasteiger partial charge < -0.3 is 10.2 Å². The van der Waals surface area contributed by atoms with Crippen molar-refractivity contribution in [2.45, 2.75) is 39.3 Å². The third kappa shape index (κ3) is 2.16. The molecule has 1 fully saturated rings. The number of anilines is 1. The van der Waals surface area contributed by atoms with Crippen LogP contribution in [0, 0.1) is 6.92 Å². The third-order valence-electron chi connectivity index (χ3n) is 2.69. The molecule has 1 aliphatic rings. The van der Waals surface area contributed by atoms with Gasteiger partial charge in [-0.1, -0.05) is 0 Å². The number of carbonyl (C=O) groups is 1. The van der Waals surface area contributed by atoms with Crippen LogP contribution in [0.15, 0.2) is 0 Å². The van der Waals surface area contributed by atoms with Gasteiger partial charge in [-0.05, 0) is 27.2 Å². The van der Waals surface area contributed by atoms with Crippen molar-refractivity contribution in [2.75, 3.05) is 11.9 Å². The highest BCUT2D eigenvalue weighted by Crippen LogP contribution is 2.19. The zero-order chi connectivity index (χ0) is 11.7. The standard InChI is InChI=1S/C10H16N4OS/c1-6(2)14-5-4-8(9(14)15)12-10-11-7(3)13-16-10/h6,8H,4-5H2,1-3H3,(H,11,12,13)/t8-/m0/s1. The summed E-state index contributed by atoms with van der Waals surface area (Å²) in [6, 6.07) is 0.144. The molecule has 0 spiro atoms. The van der Waals surface area contributed by atoms with E-state index in [1.165, 1.54) is 11.5 Å². The number of amides is 1. The zero-order valence-corrected chi connectivity index (χ0v) is 10.5. The SMILES string of the molecule is Cc1nsc(N[C@H]2CCN(C(C)C)C2=O)n1. The predicted octanol–water partition coefficient (Wildman–Crippen LogP) is 1.27. The molecule has 0 radical (unpaired) electrons. The summed E-state index contributed by atoms with van der Waals surface area (Å²) in [5, 5.41) is 3.89. The fourth-order valence-corrected chi connectivity index (χ4v) is 2.48. The van der Waals surface area contributed by atoms with Crippen LogP contribution >= 0.6 is 11.5 Å². The quantitative estimate of drug-likeness (QED) is 0.864. The number of likely N-dealkylation sites (tertiary alicyclic amines) is 1. The van der Waals surface area contributed by atoms with Gasteiger partial charge in [0.1, 0.15) is 11.9 Å². The van der Waals surface area contributed by atoms with Gasteiger partial charge in [-0.15, -0.1) is 0 Å². The summed E-state index contributed by atoms with van der Waals surface area (Å²) < 4.78 is 4.08. The molecule has 1 aromatic rings. The van der Waals surface area contributed by atoms with Gasteiger partial charge in [-0.3, -0.25) is 4.79 Å². The fraction of sp³-hybridized carbons (Fsp3) is 0.700. The van der Waals surface area contributed by atoms with E-state index >= 15 is 0 Å². The fourth-order valence-electron chi connectivity index (χ4n) is 1.85. The normalized spacial score (nSPS) is 20.9. The van der Waals surface area contributed by atoms with E-state index in [4.69, 9.17) is 0 Å². The number of carbonyl (C=O) groups excluding carboxylic acids is 1. The maximum Gasteiger partial charge on any atom is 0.245 e. The van der Waals surface area contributed by atoms with E-state index in [9.17, 15) is 4.79 Å². The highest BCUT2D eigenvalue weighted by Gasteiger charge is 2.33. The van der Waals surface area contributed by atoms with E-state index in [0.717, 1.165) is 23.9 Å². The summed E-state index contributed by atoms with van der Waals surface area (Å²) in [4.78, 5) is 18.1. The Morgan fingerprint density at radius 1 is 1.56 bits per heavy atom. The van der Waals surface area contributed by atoms with Crippen LogP contribution in [0.3, 0.4) is 0 Å². The van der Waals surface area contributed by atoms with Crippen LogP contribution in [-0.4, -0.2) is 38.8 Å². The Morgan fingerprint density at radius 3 is 2.81 bits per heavy atom. The van der Waals surface area contributed by atoms with Gasteiger partial charge in [0.05, 0.1) is 0 Å². The monoisotopic (exact) mass is 240 g/mol. The Hall–Kier alpha value is -1.17. The molecule has 0 bridgehead atoms. The molecule has 1 amide bonds. The Kier molecular flexibility index (Phi) is 3.09. The summed E-state index contributed by atoms with van der Waals surface area (Å²) in [7, 11) is 0. The lowest BCUT2D eigenvalue weighted by molar-refractivity contribution is -0.129. The Balaban J connectivity index is 2.00. The van der Waals surface area contributed by atoms with Crippen molar-refractivity contribution in [1.29, 1.82) is 0 Å². The van der Waals surface area contributed by atoms with Crippen LogP contribution in [0.1, 0.15) is 26.1 Å². The van der Waals surface area contributed by atoms with Crippen molar-refractivity contribution in [3.63, 3.8) is 0 Å². The Bertz CT molecular complexity index is 390. The average Bonchev–Trinajstić information content (AvgIpc) is 2.76. The molecule has 1 aliphatic heterocycles. The first-order valence-electron chi connectivity index (χ1n) is 5.45. The maximum atomic E-state index is 12.0. The molecule has 0 aliphatic carbocycles. The molecule has 0 aromatic carbocycles. The number of aromatic nitrogens is 2. The molecule has 1 atom stereocenters. The van der Waals surface area contributed by atoms with Crippen LogP contribution in [-0.2, 0) is 4.79 Å². The van der Waals surface area contributed by atoms with Crippen molar-refractivity contribution in [1.82, 2.24) is 14.3 Å². The third-order valence-corrected chi connectivity index (χ3v) is 3.43. The van der Waals surface area contributed by atoms with Crippen LogP contribution in [0.4, 0.5) is 5.13 Å². The first kappa shape index (κ1) is 11.3. The van der Waals surface area contributed by atoms with Crippen molar-refractivity contribution < 1.29 is 4.79 Å². The number of hydrogen-bond acceptors (Lipinski definition) is 5. The summed E-state index contributed by atoms with van der Waals surface area (Å²) in [6.45, 7) is 6.75. The lowest BCUT2D eigenvalue weighted by Gasteiger charge is -2.20. The Labute approximate surface area is 99.0 Å². The number of hydrogen-bond donors (Lipinski definition) is 1. The van der Waals surface area contributed by atoms with E-state index in [1.54, 1.807) is 0 Å². The second kappa shape index (κ2) is 4.37. The van der Waals surface area contributed by atoms with Crippen molar-refractivity contribution in [2.24, 2.45) is 0 Å². The first-order chi connectivity index (χ1) is 7.58. The van der Waals surface area contributed by atoms with E-state index in [1.807, 2.05) is 25.7 Å². The molecule has 88 valence electrons. The molecule has 1 aromatic heterocycles. The molecule has 2 rings (SSSR count). The minimum Gasteiger partial charge on any atom is -0.348 e. The largest absolute Gasteiger partial charge is 0.348 e. The van der Waals surface area contributed by atoms with Crippen LogP contribution in [0.5, 0.6) is 0 Å². The average molecular weight is 240 g/mol. The first-order valence-corrected chi connectivity index (χ1v) is 6.22. The molecule has 6 heteroatoms. The van der Waals surface area contributed by atoms with E-state index < -0.39 is 0 Å². The van der Waals surface area contributed by atoms with E-state index in [2.05, 4.69) is 14.7 Å². The second-order valence-electron chi connectivity index (χ2n) is 4.26. The molecule has 2 heterocycles. The minimum atomic E-state index is -0.130. The molecule has 5 nitrogen and oxygen atoms in total. The van der Waals surface area contributed by atoms with Gasteiger partial charge >= 0.3 is 0 Å². The van der Waals surface area contributed by atoms with Crippen molar-refractivity contribution in [3.05, 3.63) is 5.82 Å². The molecule has 0 saturated carbocycles. The van der Waals surface area contributed by atoms with E-state index in [0.29, 0.717) is 0 Å². The maximum absolute atomic E-state index is 12.0. The van der Waals surface area contributed by atoms with Crippen LogP contribution in [0.2, 0.25) is 0 Å². The lowest BCUT2D eigenvalue weighted by atomic mass is 10.2. The summed E-state index contributed by atoms with van der Waals surface area (Å²) in [5.74, 6) is 0.918. The van der Waals surface area contributed by atoms with Crippen LogP contribution < -0.4 is 5.32 Å². The van der Waals surface area contributed by atoms with Crippen molar-refractivity contribution >= 4 is 22.6 Å². The molecular formula is C10H16N4OS. The molecule has 1 saturated heterocycles. The number of nitrogens with zero attached hydrogens (tertiary/aromatic N) is 3. The van der Waals surface area contributed by atoms with Crippen molar-refractivity contribution in [3.8, 4) is 0 Å². The molecule has 0 unspecified atom stereocenters. The zero-order valence-electron chi connectivity index (χ0n) is 9.73. The number of rotatable bonds is 3. The van der Waals surface area contributed by atoms with Gasteiger partial charge in [0.2, 0.25) is 11.0 Å². The van der Waals surface area contributed by atoms with Gasteiger partial charge in [-0.25, -0.2) is 4.98 Å². The molecule has 16 heavy (non-hydrogen) atoms. The second-order valence-corrected chi connectivity index (χ2v) is 5.01. The summed E-state index contributed by atoms with van der Waals surface area (Å²) in [6.07, 6.45) is 0.843. The Morgan fingerprint density at radius 2 is 2.31 bits per heavy atom. The minimum absolute atomic E-state index is 0.130. The summed E-state index contributed by atoms with van der Waals surface area (Å²) >= 11 is 1.31. The lowest BCUT2D eigenvalue weighted by Crippen LogP contribution is -2.37. The number of aryl methyl sites for hydroxylation is 1. The van der Waals surface area contributed by atoms with Gasteiger partial charge in [-0.2, -0.15) is 4.37 Å². The number of nitrogens with one attached hydrogen (secondary N) is 1. The predicted molar refractivity (Wildman–Crippen MR) is 63.5 cm³/mol. The highest BCUT2D eigenvalue weighted by molar-refractivity contribution is 7.09. The summed E-state index contributed by atoms with van der Waals surface area (Å²) in [5.41, 5.74) is 0. The molecular weight excluding hydrogens is 224 g/mol. The van der Waals surface area contributed by atoms with Crippen LogP contribution in [0.25, 0.3) is 0 Å². The van der Waals surface area contributed by atoms with E-state index in [-0.39, 0.29) is 18.0 Å². The molecule has 1 N–H and O–H groups in total. The van der Waals surface area contributed by atoms with Gasteiger partial charge in [0.25, 0.3) is 0 Å². The van der Waals surface area contributed by atoms with Gasteiger partial charge in [0.15, 0.2) is 0 Å². The van der Waals surface area contributed by atoms with Gasteiger partial charge in [0, 0.05) is 24.1 Å². The highest BCUT2D eigenvalue weighted by atomic mass is 32.1.